The molecule has 0 spiro atoms. The van der Waals surface area contributed by atoms with E-state index in [4.69, 9.17) is 0 Å². The van der Waals surface area contributed by atoms with E-state index in [9.17, 15) is 8.42 Å². The molecule has 2 aromatic carbocycles. The van der Waals surface area contributed by atoms with E-state index < -0.39 is 10.0 Å². The van der Waals surface area contributed by atoms with E-state index in [-0.39, 0.29) is 4.90 Å². The van der Waals surface area contributed by atoms with Gasteiger partial charge >= 0.3 is 0 Å². The maximum Gasteiger partial charge on any atom is 0.245 e. The van der Waals surface area contributed by atoms with Gasteiger partial charge in [0.2, 0.25) is 10.0 Å². The minimum absolute atomic E-state index is 0.235. The third-order valence-electron chi connectivity index (χ3n) is 5.25. The molecule has 0 saturated heterocycles. The third kappa shape index (κ3) is 2.68. The van der Waals surface area contributed by atoms with Gasteiger partial charge in [0.15, 0.2) is 0 Å². The Bertz CT molecular complexity index is 1330. The van der Waals surface area contributed by atoms with Gasteiger partial charge in [0.25, 0.3) is 0 Å². The second-order valence-electron chi connectivity index (χ2n) is 6.90. The van der Waals surface area contributed by atoms with Crippen molar-refractivity contribution in [3.8, 4) is 0 Å². The van der Waals surface area contributed by atoms with Gasteiger partial charge in [-0.05, 0) is 37.1 Å². The molecule has 1 aliphatic heterocycles. The van der Waals surface area contributed by atoms with Crippen molar-refractivity contribution in [3.05, 3.63) is 59.8 Å². The van der Waals surface area contributed by atoms with E-state index in [2.05, 4.69) is 32.8 Å². The highest BCUT2D eigenvalue weighted by Crippen LogP contribution is 2.34. The molecule has 142 valence electrons. The first-order valence-corrected chi connectivity index (χ1v) is 11.2. The number of fused-ring (bicyclic) bond motifs is 2. The second kappa shape index (κ2) is 6.51. The summed E-state index contributed by atoms with van der Waals surface area (Å²) in [4.78, 5) is 3.66. The van der Waals surface area contributed by atoms with Crippen LogP contribution in [0, 0.1) is 6.92 Å². The number of para-hydroxylation sites is 1. The molecule has 3 heterocycles. The summed E-state index contributed by atoms with van der Waals surface area (Å²) in [5.74, 6) is 0. The van der Waals surface area contributed by atoms with Gasteiger partial charge in [0, 0.05) is 35.2 Å². The van der Waals surface area contributed by atoms with Gasteiger partial charge in [-0.15, -0.1) is 0 Å². The maximum absolute atomic E-state index is 13.2. The Morgan fingerprint density at radius 3 is 2.79 bits per heavy atom. The molecule has 0 unspecified atom stereocenters. The molecule has 4 aromatic rings. The Kier molecular flexibility index (Phi) is 4.08. The number of nitrogens with one attached hydrogen (secondary N) is 1. The number of hydrogen-bond acceptors (Lipinski definition) is 5. The first kappa shape index (κ1) is 17.5. The predicted octanol–water partition coefficient (Wildman–Crippen LogP) is 3.96. The largest absolute Gasteiger partial charge is 0.358 e. The van der Waals surface area contributed by atoms with Gasteiger partial charge in [0.1, 0.15) is 15.9 Å². The third-order valence-corrected chi connectivity index (χ3v) is 7.69. The van der Waals surface area contributed by atoms with Gasteiger partial charge in [-0.25, -0.2) is 8.42 Å². The molecule has 0 aliphatic carbocycles. The van der Waals surface area contributed by atoms with Crippen LogP contribution in [0.1, 0.15) is 17.7 Å². The van der Waals surface area contributed by atoms with Crippen molar-refractivity contribution in [1.29, 1.82) is 0 Å². The van der Waals surface area contributed by atoms with Gasteiger partial charge in [-0.1, -0.05) is 30.3 Å². The summed E-state index contributed by atoms with van der Waals surface area (Å²) in [5, 5.41) is 1.18. The standard InChI is InChI=1S/C20H18N4O2S2/c1-13-19(15-5-2-3-6-16(15)21-13)14-9-11-24(12-10-14)28(25,26)18-8-4-7-17-20(18)23-27-22-17/h2-9,21H,10-12H2,1H3. The summed E-state index contributed by atoms with van der Waals surface area (Å²) >= 11 is 1.03. The van der Waals surface area contributed by atoms with E-state index in [0.29, 0.717) is 30.5 Å². The van der Waals surface area contributed by atoms with Crippen LogP contribution in [0.2, 0.25) is 0 Å². The van der Waals surface area contributed by atoms with Crippen molar-refractivity contribution in [1.82, 2.24) is 18.0 Å². The molecule has 0 atom stereocenters. The number of H-pyrrole nitrogens is 1. The molecule has 1 aliphatic rings. The Balaban J connectivity index is 1.50. The molecule has 8 heteroatoms. The fourth-order valence-corrected chi connectivity index (χ4v) is 6.05. The van der Waals surface area contributed by atoms with Crippen LogP contribution in [-0.2, 0) is 10.0 Å². The van der Waals surface area contributed by atoms with Crippen LogP contribution in [0.5, 0.6) is 0 Å². The molecule has 6 nitrogen and oxygen atoms in total. The smallest absolute Gasteiger partial charge is 0.245 e. The number of aromatic amines is 1. The lowest BCUT2D eigenvalue weighted by Crippen LogP contribution is -2.34. The van der Waals surface area contributed by atoms with Crippen LogP contribution in [0.4, 0.5) is 0 Å². The molecule has 28 heavy (non-hydrogen) atoms. The number of nitrogens with zero attached hydrogens (tertiary/aromatic N) is 3. The monoisotopic (exact) mass is 410 g/mol. The number of aryl methyl sites for hydroxylation is 1. The first-order chi connectivity index (χ1) is 13.6. The van der Waals surface area contributed by atoms with Crippen molar-refractivity contribution in [3.63, 3.8) is 0 Å². The molecule has 0 radical (unpaired) electrons. The second-order valence-corrected chi connectivity index (χ2v) is 9.34. The summed E-state index contributed by atoms with van der Waals surface area (Å²) in [6, 6.07) is 13.3. The van der Waals surface area contributed by atoms with Crippen LogP contribution < -0.4 is 0 Å². The van der Waals surface area contributed by atoms with Crippen LogP contribution in [0.3, 0.4) is 0 Å². The van der Waals surface area contributed by atoms with Gasteiger partial charge in [-0.2, -0.15) is 13.1 Å². The van der Waals surface area contributed by atoms with Gasteiger partial charge in [-0.3, -0.25) is 0 Å². The molecule has 0 amide bonds. The molecule has 1 N–H and O–H groups in total. The molecule has 0 bridgehead atoms. The van der Waals surface area contributed by atoms with E-state index in [1.54, 1.807) is 18.2 Å². The lowest BCUT2D eigenvalue weighted by molar-refractivity contribution is 0.442. The van der Waals surface area contributed by atoms with E-state index in [1.165, 1.54) is 20.8 Å². The topological polar surface area (TPSA) is 79.0 Å². The average molecular weight is 411 g/mol. The van der Waals surface area contributed by atoms with Crippen molar-refractivity contribution in [2.75, 3.05) is 13.1 Å². The number of rotatable bonds is 3. The van der Waals surface area contributed by atoms with Crippen LogP contribution in [-0.4, -0.2) is 39.5 Å². The molecular formula is C20H18N4O2S2. The number of sulfonamides is 1. The first-order valence-electron chi connectivity index (χ1n) is 9.04. The summed E-state index contributed by atoms with van der Waals surface area (Å²) in [6.45, 7) is 2.86. The van der Waals surface area contributed by atoms with Crippen molar-refractivity contribution in [2.24, 2.45) is 0 Å². The van der Waals surface area contributed by atoms with Gasteiger partial charge < -0.3 is 4.98 Å². The maximum atomic E-state index is 13.2. The van der Waals surface area contributed by atoms with Crippen molar-refractivity contribution >= 4 is 49.3 Å². The number of hydrogen-bond donors (Lipinski definition) is 1. The number of aromatic nitrogens is 3. The average Bonchev–Trinajstić information content (AvgIpc) is 3.31. The number of benzene rings is 2. The minimum Gasteiger partial charge on any atom is -0.358 e. The Labute approximate surface area is 166 Å². The normalized spacial score (nSPS) is 16.0. The lowest BCUT2D eigenvalue weighted by atomic mass is 9.97. The van der Waals surface area contributed by atoms with E-state index in [1.807, 2.05) is 18.2 Å². The summed E-state index contributed by atoms with van der Waals surface area (Å²) in [7, 11) is -3.62. The fraction of sp³-hybridized carbons (Fsp3) is 0.200. The van der Waals surface area contributed by atoms with Crippen LogP contribution in [0.15, 0.2) is 53.4 Å². The predicted molar refractivity (Wildman–Crippen MR) is 112 cm³/mol. The summed E-state index contributed by atoms with van der Waals surface area (Å²) in [5.41, 5.74) is 5.67. The van der Waals surface area contributed by atoms with E-state index in [0.717, 1.165) is 22.9 Å². The summed E-state index contributed by atoms with van der Waals surface area (Å²) in [6.07, 6.45) is 2.70. The quantitative estimate of drug-likeness (QED) is 0.554. The summed E-state index contributed by atoms with van der Waals surface area (Å²) < 4.78 is 36.3. The highest BCUT2D eigenvalue weighted by molar-refractivity contribution is 7.89. The SMILES string of the molecule is Cc1[nH]c2ccccc2c1C1=CCN(S(=O)(=O)c2cccc3nsnc23)CC1. The van der Waals surface area contributed by atoms with Crippen molar-refractivity contribution in [2.45, 2.75) is 18.2 Å². The molecular weight excluding hydrogens is 392 g/mol. The van der Waals surface area contributed by atoms with Crippen LogP contribution >= 0.6 is 11.7 Å². The Morgan fingerprint density at radius 2 is 1.96 bits per heavy atom. The van der Waals surface area contributed by atoms with Crippen LogP contribution in [0.25, 0.3) is 27.5 Å². The minimum atomic E-state index is -3.62. The zero-order valence-corrected chi connectivity index (χ0v) is 16.8. The van der Waals surface area contributed by atoms with Crippen molar-refractivity contribution < 1.29 is 8.42 Å². The molecule has 2 aromatic heterocycles. The highest BCUT2D eigenvalue weighted by Gasteiger charge is 2.29. The fourth-order valence-electron chi connectivity index (χ4n) is 3.91. The zero-order chi connectivity index (χ0) is 19.3. The molecule has 0 fully saturated rings. The van der Waals surface area contributed by atoms with E-state index >= 15 is 0 Å². The van der Waals surface area contributed by atoms with Gasteiger partial charge in [0.05, 0.1) is 11.7 Å². The molecule has 5 rings (SSSR count). The molecule has 0 saturated carbocycles. The highest BCUT2D eigenvalue weighted by atomic mass is 32.2. The Hall–Kier alpha value is -2.55. The zero-order valence-electron chi connectivity index (χ0n) is 15.2. The Morgan fingerprint density at radius 1 is 1.11 bits per heavy atom. The lowest BCUT2D eigenvalue weighted by Gasteiger charge is -2.26.